The van der Waals surface area contributed by atoms with Crippen LogP contribution in [0.3, 0.4) is 0 Å². The molecule has 0 radical (unpaired) electrons. The summed E-state index contributed by atoms with van der Waals surface area (Å²) in [5.41, 5.74) is 2.08. The molecule has 0 saturated carbocycles. The first kappa shape index (κ1) is 13.6. The van der Waals surface area contributed by atoms with Gasteiger partial charge in [-0.2, -0.15) is 0 Å². The van der Waals surface area contributed by atoms with Crippen molar-refractivity contribution in [3.05, 3.63) is 47.5 Å². The molecule has 0 amide bonds. The van der Waals surface area contributed by atoms with E-state index in [9.17, 15) is 5.11 Å². The van der Waals surface area contributed by atoms with Crippen molar-refractivity contribution in [2.24, 2.45) is 11.8 Å². The zero-order valence-corrected chi connectivity index (χ0v) is 12.9. The topological polar surface area (TPSA) is 20.2 Å². The second-order valence-corrected chi connectivity index (χ2v) is 6.82. The average Bonchev–Trinajstić information content (AvgIpc) is 2.79. The van der Waals surface area contributed by atoms with E-state index in [0.717, 1.165) is 6.42 Å². The first-order chi connectivity index (χ1) is 9.46. The molecule has 0 aromatic heterocycles. The van der Waals surface area contributed by atoms with E-state index < -0.39 is 5.60 Å². The van der Waals surface area contributed by atoms with Crippen molar-refractivity contribution in [1.82, 2.24) is 0 Å². The molecule has 1 aliphatic carbocycles. The highest BCUT2D eigenvalue weighted by Gasteiger charge is 2.45. The lowest BCUT2D eigenvalue weighted by molar-refractivity contribution is -0.0691. The maximum absolute atomic E-state index is 11.4. The third kappa shape index (κ3) is 1.73. The fraction of sp³-hybridized carbons (Fsp3) is 0.474. The lowest BCUT2D eigenvalue weighted by Crippen LogP contribution is -2.46. The van der Waals surface area contributed by atoms with E-state index in [-0.39, 0.29) is 17.8 Å². The number of aliphatic hydroxyl groups is 1. The minimum atomic E-state index is -0.646. The highest BCUT2D eigenvalue weighted by molar-refractivity contribution is 5.91. The standard InChI is InChI=1S/C19H24O/c1-12(2)19(20,13(3)4)17-11-15-9-5-7-14-8-6-10-16(17)18(14)15/h5-10,12-13,17,20H,11H2,1-4H3. The predicted molar refractivity (Wildman–Crippen MR) is 85.0 cm³/mol. The summed E-state index contributed by atoms with van der Waals surface area (Å²) in [4.78, 5) is 0. The van der Waals surface area contributed by atoms with E-state index in [0.29, 0.717) is 0 Å². The Morgan fingerprint density at radius 2 is 1.60 bits per heavy atom. The van der Waals surface area contributed by atoms with Crippen molar-refractivity contribution >= 4 is 10.8 Å². The minimum absolute atomic E-state index is 0.212. The normalized spacial score (nSPS) is 18.4. The Balaban J connectivity index is 2.19. The van der Waals surface area contributed by atoms with Crippen molar-refractivity contribution < 1.29 is 5.11 Å². The molecule has 0 bridgehead atoms. The molecule has 1 unspecified atom stereocenters. The van der Waals surface area contributed by atoms with Crippen LogP contribution in [-0.2, 0) is 6.42 Å². The molecule has 106 valence electrons. The monoisotopic (exact) mass is 268 g/mol. The summed E-state index contributed by atoms with van der Waals surface area (Å²) < 4.78 is 0. The molecule has 0 aliphatic heterocycles. The van der Waals surface area contributed by atoms with Gasteiger partial charge in [0, 0.05) is 5.92 Å². The molecule has 0 fully saturated rings. The van der Waals surface area contributed by atoms with Gasteiger partial charge >= 0.3 is 0 Å². The highest BCUT2D eigenvalue weighted by atomic mass is 16.3. The summed E-state index contributed by atoms with van der Waals surface area (Å²) in [6.07, 6.45) is 0.962. The minimum Gasteiger partial charge on any atom is -0.389 e. The molecule has 2 aromatic rings. The van der Waals surface area contributed by atoms with Crippen LogP contribution in [0.15, 0.2) is 36.4 Å². The van der Waals surface area contributed by atoms with Crippen LogP contribution < -0.4 is 0 Å². The number of rotatable bonds is 3. The van der Waals surface area contributed by atoms with E-state index in [4.69, 9.17) is 0 Å². The molecule has 1 nitrogen and oxygen atoms in total. The van der Waals surface area contributed by atoms with Gasteiger partial charge in [-0.25, -0.2) is 0 Å². The first-order valence-corrected chi connectivity index (χ1v) is 7.69. The fourth-order valence-corrected chi connectivity index (χ4v) is 4.12. The molecule has 0 spiro atoms. The Morgan fingerprint density at radius 3 is 2.20 bits per heavy atom. The maximum Gasteiger partial charge on any atom is 0.0764 e. The van der Waals surface area contributed by atoms with Gasteiger partial charge in [-0.3, -0.25) is 0 Å². The van der Waals surface area contributed by atoms with Gasteiger partial charge in [0.1, 0.15) is 0 Å². The van der Waals surface area contributed by atoms with Crippen molar-refractivity contribution in [2.45, 2.75) is 45.6 Å². The zero-order chi connectivity index (χ0) is 14.5. The molecule has 1 atom stereocenters. The molecule has 0 heterocycles. The van der Waals surface area contributed by atoms with Gasteiger partial charge in [-0.1, -0.05) is 64.1 Å². The van der Waals surface area contributed by atoms with Gasteiger partial charge in [-0.05, 0) is 40.2 Å². The lowest BCUT2D eigenvalue weighted by atomic mass is 9.69. The van der Waals surface area contributed by atoms with E-state index in [1.807, 2.05) is 0 Å². The highest BCUT2D eigenvalue weighted by Crippen LogP contribution is 2.48. The summed E-state index contributed by atoms with van der Waals surface area (Å²) >= 11 is 0. The van der Waals surface area contributed by atoms with Gasteiger partial charge in [0.05, 0.1) is 5.60 Å². The van der Waals surface area contributed by atoms with Crippen molar-refractivity contribution in [3.8, 4) is 0 Å². The van der Waals surface area contributed by atoms with Crippen LogP contribution >= 0.6 is 0 Å². The number of hydrogen-bond donors (Lipinski definition) is 1. The van der Waals surface area contributed by atoms with Gasteiger partial charge in [0.25, 0.3) is 0 Å². The van der Waals surface area contributed by atoms with Crippen LogP contribution in [0.2, 0.25) is 0 Å². The molecule has 1 N–H and O–H groups in total. The molecule has 1 heteroatoms. The Labute approximate surface area is 121 Å². The third-order valence-corrected chi connectivity index (χ3v) is 5.23. The third-order valence-electron chi connectivity index (χ3n) is 5.23. The van der Waals surface area contributed by atoms with Crippen LogP contribution in [-0.4, -0.2) is 10.7 Å². The Morgan fingerprint density at radius 1 is 1.00 bits per heavy atom. The molecular formula is C19H24O. The van der Waals surface area contributed by atoms with Gasteiger partial charge < -0.3 is 5.11 Å². The second-order valence-electron chi connectivity index (χ2n) is 6.82. The van der Waals surface area contributed by atoms with Gasteiger partial charge in [0.15, 0.2) is 0 Å². The quantitative estimate of drug-likeness (QED) is 0.867. The molecule has 1 aliphatic rings. The van der Waals surface area contributed by atoms with Crippen LogP contribution in [0.1, 0.15) is 44.7 Å². The fourth-order valence-electron chi connectivity index (χ4n) is 4.12. The van der Waals surface area contributed by atoms with E-state index in [1.165, 1.54) is 21.9 Å². The van der Waals surface area contributed by atoms with Crippen LogP contribution in [0.5, 0.6) is 0 Å². The van der Waals surface area contributed by atoms with Crippen molar-refractivity contribution in [3.63, 3.8) is 0 Å². The maximum atomic E-state index is 11.4. The van der Waals surface area contributed by atoms with E-state index >= 15 is 0 Å². The van der Waals surface area contributed by atoms with Crippen LogP contribution in [0.25, 0.3) is 10.8 Å². The largest absolute Gasteiger partial charge is 0.389 e. The lowest BCUT2D eigenvalue weighted by Gasteiger charge is -2.42. The van der Waals surface area contributed by atoms with Gasteiger partial charge in [0.2, 0.25) is 0 Å². The Bertz CT molecular complexity index is 626. The molecule has 0 saturated heterocycles. The molecular weight excluding hydrogens is 244 g/mol. The smallest absolute Gasteiger partial charge is 0.0764 e. The van der Waals surface area contributed by atoms with Gasteiger partial charge in [-0.15, -0.1) is 0 Å². The van der Waals surface area contributed by atoms with E-state index in [1.54, 1.807) is 0 Å². The summed E-state index contributed by atoms with van der Waals surface area (Å²) in [7, 11) is 0. The molecule has 3 rings (SSSR count). The average molecular weight is 268 g/mol. The Kier molecular flexibility index (Phi) is 3.13. The first-order valence-electron chi connectivity index (χ1n) is 7.69. The second kappa shape index (κ2) is 4.60. The summed E-state index contributed by atoms with van der Waals surface area (Å²) in [6.45, 7) is 8.57. The Hall–Kier alpha value is -1.34. The predicted octanol–water partition coefficient (Wildman–Crippen LogP) is 4.52. The SMILES string of the molecule is CC(C)C(O)(C(C)C)C1Cc2cccc3cccc1c23. The van der Waals surface area contributed by atoms with Crippen LogP contribution in [0.4, 0.5) is 0 Å². The summed E-state index contributed by atoms with van der Waals surface area (Å²) in [5, 5.41) is 14.1. The zero-order valence-electron chi connectivity index (χ0n) is 12.9. The molecule has 20 heavy (non-hydrogen) atoms. The van der Waals surface area contributed by atoms with Crippen molar-refractivity contribution in [2.75, 3.05) is 0 Å². The summed E-state index contributed by atoms with van der Waals surface area (Å²) in [6, 6.07) is 13.0. The van der Waals surface area contributed by atoms with Crippen molar-refractivity contribution in [1.29, 1.82) is 0 Å². The molecule has 2 aromatic carbocycles. The van der Waals surface area contributed by atoms with E-state index in [2.05, 4.69) is 64.1 Å². The summed E-state index contributed by atoms with van der Waals surface area (Å²) in [5.74, 6) is 0.706. The van der Waals surface area contributed by atoms with Crippen LogP contribution in [0, 0.1) is 11.8 Å². The number of benzene rings is 2. The number of hydrogen-bond acceptors (Lipinski definition) is 1.